The standard InChI is InChI=1S/C14H26N2O/c1-12-3-9-16(10-4-12)14(17)11-13-5-7-15(2)8-6-13/h12-13H,3-11H2,1-2H3. The number of amides is 1. The van der Waals surface area contributed by atoms with Crippen LogP contribution in [0.2, 0.25) is 0 Å². The second kappa shape index (κ2) is 5.85. The lowest BCUT2D eigenvalue weighted by Gasteiger charge is -2.33. The number of carbonyl (C=O) groups excluding carboxylic acids is 1. The molecule has 0 bridgehead atoms. The van der Waals surface area contributed by atoms with Gasteiger partial charge in [0.15, 0.2) is 0 Å². The van der Waals surface area contributed by atoms with Crippen molar-refractivity contribution >= 4 is 5.91 Å². The summed E-state index contributed by atoms with van der Waals surface area (Å²) in [6, 6.07) is 0. The summed E-state index contributed by atoms with van der Waals surface area (Å²) in [5.74, 6) is 1.85. The van der Waals surface area contributed by atoms with Crippen LogP contribution in [0.1, 0.15) is 39.0 Å². The fourth-order valence-electron chi connectivity index (χ4n) is 2.90. The van der Waals surface area contributed by atoms with Gasteiger partial charge in [-0.25, -0.2) is 0 Å². The van der Waals surface area contributed by atoms with Crippen LogP contribution in [-0.4, -0.2) is 48.9 Å². The van der Waals surface area contributed by atoms with E-state index in [4.69, 9.17) is 0 Å². The maximum Gasteiger partial charge on any atom is 0.222 e. The Kier molecular flexibility index (Phi) is 4.43. The fourth-order valence-corrected chi connectivity index (χ4v) is 2.90. The Bertz CT molecular complexity index is 251. The summed E-state index contributed by atoms with van der Waals surface area (Å²) >= 11 is 0. The molecule has 2 rings (SSSR count). The molecule has 0 N–H and O–H groups in total. The van der Waals surface area contributed by atoms with Crippen molar-refractivity contribution < 1.29 is 4.79 Å². The lowest BCUT2D eigenvalue weighted by Crippen LogP contribution is -2.40. The molecule has 2 fully saturated rings. The largest absolute Gasteiger partial charge is 0.343 e. The second-order valence-electron chi connectivity index (χ2n) is 6.01. The number of carbonyl (C=O) groups is 1. The predicted molar refractivity (Wildman–Crippen MR) is 69.8 cm³/mol. The van der Waals surface area contributed by atoms with Crippen molar-refractivity contribution in [2.45, 2.75) is 39.0 Å². The van der Waals surface area contributed by atoms with Gasteiger partial charge in [-0.15, -0.1) is 0 Å². The molecule has 0 aromatic heterocycles. The van der Waals surface area contributed by atoms with Crippen molar-refractivity contribution in [3.05, 3.63) is 0 Å². The Morgan fingerprint density at radius 1 is 1.06 bits per heavy atom. The molecule has 0 aromatic carbocycles. The van der Waals surface area contributed by atoms with Gasteiger partial charge < -0.3 is 9.80 Å². The van der Waals surface area contributed by atoms with Crippen LogP contribution in [0, 0.1) is 11.8 Å². The molecule has 2 aliphatic heterocycles. The number of piperidine rings is 2. The molecule has 0 radical (unpaired) electrons. The summed E-state index contributed by atoms with van der Waals surface area (Å²) in [5.41, 5.74) is 0. The third kappa shape index (κ3) is 3.70. The molecule has 3 nitrogen and oxygen atoms in total. The molecule has 2 heterocycles. The van der Waals surface area contributed by atoms with Crippen LogP contribution in [0.15, 0.2) is 0 Å². The molecule has 17 heavy (non-hydrogen) atoms. The summed E-state index contributed by atoms with van der Waals surface area (Å²) in [4.78, 5) is 16.6. The second-order valence-corrected chi connectivity index (χ2v) is 6.01. The molecule has 0 aliphatic carbocycles. The minimum atomic E-state index is 0.409. The van der Waals surface area contributed by atoms with E-state index in [0.717, 1.165) is 38.5 Å². The van der Waals surface area contributed by atoms with Crippen LogP contribution in [0.4, 0.5) is 0 Å². The Morgan fingerprint density at radius 2 is 1.65 bits per heavy atom. The minimum absolute atomic E-state index is 0.409. The highest BCUT2D eigenvalue weighted by Gasteiger charge is 2.24. The first-order chi connectivity index (χ1) is 8.15. The molecule has 0 aromatic rings. The number of hydrogen-bond acceptors (Lipinski definition) is 2. The molecule has 0 spiro atoms. The zero-order valence-electron chi connectivity index (χ0n) is 11.3. The lowest BCUT2D eigenvalue weighted by molar-refractivity contribution is -0.133. The Labute approximate surface area is 105 Å². The van der Waals surface area contributed by atoms with E-state index in [1.54, 1.807) is 0 Å². The van der Waals surface area contributed by atoms with E-state index in [9.17, 15) is 4.79 Å². The molecule has 98 valence electrons. The number of hydrogen-bond donors (Lipinski definition) is 0. The molecule has 0 unspecified atom stereocenters. The Morgan fingerprint density at radius 3 is 2.24 bits per heavy atom. The van der Waals surface area contributed by atoms with Gasteiger partial charge in [-0.05, 0) is 57.7 Å². The van der Waals surface area contributed by atoms with Crippen molar-refractivity contribution in [1.82, 2.24) is 9.80 Å². The van der Waals surface area contributed by atoms with Crippen LogP contribution in [0.3, 0.4) is 0 Å². The van der Waals surface area contributed by atoms with Gasteiger partial charge in [0.2, 0.25) is 5.91 Å². The topological polar surface area (TPSA) is 23.6 Å². The van der Waals surface area contributed by atoms with Gasteiger partial charge >= 0.3 is 0 Å². The molecule has 3 heteroatoms. The lowest BCUT2D eigenvalue weighted by atomic mass is 9.92. The molecule has 0 saturated carbocycles. The van der Waals surface area contributed by atoms with Crippen molar-refractivity contribution in [3.8, 4) is 0 Å². The van der Waals surface area contributed by atoms with E-state index in [1.807, 2.05) is 0 Å². The van der Waals surface area contributed by atoms with Crippen LogP contribution >= 0.6 is 0 Å². The molecule has 2 aliphatic rings. The van der Waals surface area contributed by atoms with Gasteiger partial charge in [-0.3, -0.25) is 4.79 Å². The number of likely N-dealkylation sites (tertiary alicyclic amines) is 2. The highest BCUT2D eigenvalue weighted by atomic mass is 16.2. The van der Waals surface area contributed by atoms with Gasteiger partial charge in [0.05, 0.1) is 0 Å². The van der Waals surface area contributed by atoms with Crippen LogP contribution < -0.4 is 0 Å². The summed E-state index contributed by atoms with van der Waals surface area (Å²) in [6.45, 7) is 6.60. The molecular formula is C14H26N2O. The summed E-state index contributed by atoms with van der Waals surface area (Å²) < 4.78 is 0. The van der Waals surface area contributed by atoms with E-state index < -0.39 is 0 Å². The van der Waals surface area contributed by atoms with Crippen molar-refractivity contribution in [2.24, 2.45) is 11.8 Å². The molecule has 2 saturated heterocycles. The molecule has 1 amide bonds. The van der Waals surface area contributed by atoms with E-state index in [-0.39, 0.29) is 0 Å². The predicted octanol–water partition coefficient (Wildman–Crippen LogP) is 1.98. The van der Waals surface area contributed by atoms with Gasteiger partial charge in [0.25, 0.3) is 0 Å². The van der Waals surface area contributed by atoms with Crippen molar-refractivity contribution in [3.63, 3.8) is 0 Å². The third-order valence-corrected chi connectivity index (χ3v) is 4.44. The maximum atomic E-state index is 12.2. The van der Waals surface area contributed by atoms with Gasteiger partial charge in [-0.1, -0.05) is 6.92 Å². The van der Waals surface area contributed by atoms with Crippen molar-refractivity contribution in [2.75, 3.05) is 33.2 Å². The molecule has 0 atom stereocenters. The average Bonchev–Trinajstić information content (AvgIpc) is 2.33. The fraction of sp³-hybridized carbons (Fsp3) is 0.929. The smallest absolute Gasteiger partial charge is 0.222 e. The van der Waals surface area contributed by atoms with Gasteiger partial charge in [0.1, 0.15) is 0 Å². The van der Waals surface area contributed by atoms with Gasteiger partial charge in [0, 0.05) is 19.5 Å². The van der Waals surface area contributed by atoms with Crippen LogP contribution in [0.5, 0.6) is 0 Å². The van der Waals surface area contributed by atoms with Crippen LogP contribution in [-0.2, 0) is 4.79 Å². The molecular weight excluding hydrogens is 212 g/mol. The number of nitrogens with zero attached hydrogens (tertiary/aromatic N) is 2. The minimum Gasteiger partial charge on any atom is -0.343 e. The summed E-state index contributed by atoms with van der Waals surface area (Å²) in [5, 5.41) is 0. The van der Waals surface area contributed by atoms with E-state index in [0.29, 0.717) is 11.8 Å². The first-order valence-corrected chi connectivity index (χ1v) is 7.11. The summed E-state index contributed by atoms with van der Waals surface area (Å²) in [6.07, 6.45) is 5.58. The Hall–Kier alpha value is -0.570. The SMILES string of the molecule is CC1CCN(C(=O)CC2CCN(C)CC2)CC1. The quantitative estimate of drug-likeness (QED) is 0.734. The average molecular weight is 238 g/mol. The highest BCUT2D eigenvalue weighted by molar-refractivity contribution is 5.76. The van der Waals surface area contributed by atoms with Crippen molar-refractivity contribution in [1.29, 1.82) is 0 Å². The van der Waals surface area contributed by atoms with E-state index in [1.165, 1.54) is 25.7 Å². The first-order valence-electron chi connectivity index (χ1n) is 7.11. The van der Waals surface area contributed by atoms with E-state index >= 15 is 0 Å². The van der Waals surface area contributed by atoms with E-state index in [2.05, 4.69) is 23.8 Å². The summed E-state index contributed by atoms with van der Waals surface area (Å²) in [7, 11) is 2.17. The first kappa shape index (κ1) is 12.9. The monoisotopic (exact) mass is 238 g/mol. The van der Waals surface area contributed by atoms with Gasteiger partial charge in [-0.2, -0.15) is 0 Å². The normalized spacial score (nSPS) is 25.2. The van der Waals surface area contributed by atoms with Crippen LogP contribution in [0.25, 0.3) is 0 Å². The third-order valence-electron chi connectivity index (χ3n) is 4.44. The maximum absolute atomic E-state index is 12.2. The zero-order chi connectivity index (χ0) is 12.3. The Balaban J connectivity index is 1.73. The zero-order valence-corrected chi connectivity index (χ0v) is 11.3. The highest BCUT2D eigenvalue weighted by Crippen LogP contribution is 2.22. The number of rotatable bonds is 2.